The molecule has 1 unspecified atom stereocenters. The molecule has 244 valence electrons. The summed E-state index contributed by atoms with van der Waals surface area (Å²) in [6, 6.07) is 16.1. The van der Waals surface area contributed by atoms with Gasteiger partial charge in [-0.3, -0.25) is 10.1 Å². The first-order chi connectivity index (χ1) is 21.6. The molecule has 0 saturated carbocycles. The highest BCUT2D eigenvalue weighted by Crippen LogP contribution is 2.44. The van der Waals surface area contributed by atoms with Crippen molar-refractivity contribution in [2.45, 2.75) is 128 Å². The lowest BCUT2D eigenvalue weighted by molar-refractivity contribution is -0.246. The van der Waals surface area contributed by atoms with E-state index in [-0.39, 0.29) is 31.1 Å². The fourth-order valence-electron chi connectivity index (χ4n) is 6.23. The van der Waals surface area contributed by atoms with Gasteiger partial charge in [-0.15, -0.1) is 0 Å². The third kappa shape index (κ3) is 13.0. The molecule has 0 spiro atoms. The maximum Gasteiger partial charge on any atom is 0.407 e. The van der Waals surface area contributed by atoms with E-state index < -0.39 is 6.09 Å². The van der Waals surface area contributed by atoms with Crippen LogP contribution < -0.4 is 10.6 Å². The van der Waals surface area contributed by atoms with Gasteiger partial charge >= 0.3 is 6.09 Å². The molecule has 0 saturated heterocycles. The van der Waals surface area contributed by atoms with E-state index in [2.05, 4.69) is 46.7 Å². The van der Waals surface area contributed by atoms with Crippen molar-refractivity contribution in [3.8, 4) is 11.1 Å². The lowest BCUT2D eigenvalue weighted by atomic mass is 9.98. The van der Waals surface area contributed by atoms with Gasteiger partial charge in [0.05, 0.1) is 6.04 Å². The number of nitrogens with one attached hydrogen (secondary N) is 2. The molecule has 7 nitrogen and oxygen atoms in total. The molecule has 0 fully saturated rings. The van der Waals surface area contributed by atoms with Crippen LogP contribution in [0.5, 0.6) is 0 Å². The van der Waals surface area contributed by atoms with E-state index in [1.54, 1.807) is 0 Å². The number of unbranched alkanes of at least 4 members (excludes halogenated alkanes) is 13. The summed E-state index contributed by atoms with van der Waals surface area (Å²) >= 11 is 0. The highest BCUT2D eigenvalue weighted by Gasteiger charge is 2.29. The van der Waals surface area contributed by atoms with Crippen LogP contribution in [0.1, 0.15) is 133 Å². The van der Waals surface area contributed by atoms with Crippen molar-refractivity contribution >= 4 is 12.0 Å². The Labute approximate surface area is 265 Å². The summed E-state index contributed by atoms with van der Waals surface area (Å²) < 4.78 is 5.63. The summed E-state index contributed by atoms with van der Waals surface area (Å²) in [5.41, 5.74) is 4.68. The predicted octanol–water partition coefficient (Wildman–Crippen LogP) is 9.15. The summed E-state index contributed by atoms with van der Waals surface area (Å²) in [6.45, 7) is 3.09. The van der Waals surface area contributed by atoms with E-state index in [9.17, 15) is 9.59 Å². The first kappa shape index (κ1) is 35.6. The van der Waals surface area contributed by atoms with Gasteiger partial charge in [-0.05, 0) is 47.9 Å². The smallest absolute Gasteiger partial charge is 0.407 e. The van der Waals surface area contributed by atoms with Crippen LogP contribution in [0.25, 0.3) is 11.1 Å². The van der Waals surface area contributed by atoms with Gasteiger partial charge in [0.1, 0.15) is 13.2 Å². The number of carbonyl (C=O) groups is 2. The molecule has 0 heterocycles. The minimum atomic E-state index is -0.528. The van der Waals surface area contributed by atoms with Crippen molar-refractivity contribution in [2.24, 2.45) is 0 Å². The number of ether oxygens (including phenoxy) is 1. The van der Waals surface area contributed by atoms with Crippen LogP contribution in [0, 0.1) is 0 Å². The van der Waals surface area contributed by atoms with Crippen LogP contribution in [0.2, 0.25) is 0 Å². The zero-order valence-corrected chi connectivity index (χ0v) is 27.0. The zero-order valence-electron chi connectivity index (χ0n) is 27.0. The Bertz CT molecular complexity index is 1050. The number of hydrogen-bond donors (Lipinski definition) is 3. The average molecular weight is 609 g/mol. The number of benzene rings is 2. The second-order valence-electron chi connectivity index (χ2n) is 12.3. The van der Waals surface area contributed by atoms with Crippen molar-refractivity contribution in [1.82, 2.24) is 10.6 Å². The molecule has 2 aromatic carbocycles. The van der Waals surface area contributed by atoms with Crippen molar-refractivity contribution in [2.75, 3.05) is 19.8 Å². The number of hydrogen-bond acceptors (Lipinski definition) is 5. The molecule has 1 aliphatic carbocycles. The van der Waals surface area contributed by atoms with Crippen molar-refractivity contribution in [3.63, 3.8) is 0 Å². The van der Waals surface area contributed by atoms with Crippen LogP contribution in [-0.2, 0) is 14.4 Å². The summed E-state index contributed by atoms with van der Waals surface area (Å²) in [4.78, 5) is 29.2. The third-order valence-corrected chi connectivity index (χ3v) is 8.75. The van der Waals surface area contributed by atoms with E-state index >= 15 is 0 Å². The lowest BCUT2D eigenvalue weighted by Gasteiger charge is -2.19. The molecule has 3 N–H and O–H groups in total. The Balaban J connectivity index is 1.20. The molecule has 0 bridgehead atoms. The molecule has 1 atom stereocenters. The van der Waals surface area contributed by atoms with Gasteiger partial charge in [0, 0.05) is 18.9 Å². The molecule has 0 radical (unpaired) electrons. The van der Waals surface area contributed by atoms with Gasteiger partial charge in [-0.2, -0.15) is 0 Å². The maximum absolute atomic E-state index is 12.6. The minimum absolute atomic E-state index is 0.0102. The quantitative estimate of drug-likeness (QED) is 0.0627. The van der Waals surface area contributed by atoms with Crippen LogP contribution >= 0.6 is 0 Å². The molecule has 7 heteroatoms. The highest BCUT2D eigenvalue weighted by atomic mass is 17.1. The summed E-state index contributed by atoms with van der Waals surface area (Å²) in [5, 5.41) is 14.8. The van der Waals surface area contributed by atoms with Gasteiger partial charge in [-0.1, -0.05) is 133 Å². The van der Waals surface area contributed by atoms with Crippen molar-refractivity contribution in [1.29, 1.82) is 0 Å². The van der Waals surface area contributed by atoms with E-state index in [1.165, 1.54) is 81.8 Å². The highest BCUT2D eigenvalue weighted by molar-refractivity contribution is 5.79. The second-order valence-corrected chi connectivity index (χ2v) is 12.3. The monoisotopic (exact) mass is 608 g/mol. The van der Waals surface area contributed by atoms with E-state index in [0.29, 0.717) is 19.4 Å². The van der Waals surface area contributed by atoms with E-state index in [0.717, 1.165) is 36.8 Å². The number of amides is 2. The molecule has 44 heavy (non-hydrogen) atoms. The van der Waals surface area contributed by atoms with Gasteiger partial charge in [-0.25, -0.2) is 9.68 Å². The average Bonchev–Trinajstić information content (AvgIpc) is 3.35. The fraction of sp³-hybridized carbons (Fsp3) is 0.622. The molecule has 1 aliphatic rings. The zero-order chi connectivity index (χ0) is 31.2. The standard InChI is InChI=1S/C37H56N2O5/c1-2-3-4-5-6-7-8-9-10-11-12-13-14-26-36(40)38-27-20-19-21-30(28-44-42)39-37(41)43-29-35-33-24-17-15-22-31(33)32-23-16-18-25-34(32)35/h15-18,22-25,30,35,42H,2-14,19-21,26-29H2,1H3,(H,38,40)(H,39,41). The minimum Gasteiger partial charge on any atom is -0.449 e. The molecule has 0 aromatic heterocycles. The first-order valence-electron chi connectivity index (χ1n) is 17.3. The third-order valence-electron chi connectivity index (χ3n) is 8.75. The Morgan fingerprint density at radius 3 is 1.86 bits per heavy atom. The van der Waals surface area contributed by atoms with Crippen molar-refractivity contribution < 1.29 is 24.5 Å². The van der Waals surface area contributed by atoms with Crippen LogP contribution in [0.4, 0.5) is 4.79 Å². The first-order valence-corrected chi connectivity index (χ1v) is 17.3. The van der Waals surface area contributed by atoms with Crippen LogP contribution in [0.3, 0.4) is 0 Å². The topological polar surface area (TPSA) is 96.9 Å². The molecule has 2 aromatic rings. The number of carbonyl (C=O) groups excluding carboxylic acids is 2. The van der Waals surface area contributed by atoms with Crippen LogP contribution in [-0.4, -0.2) is 43.1 Å². The Morgan fingerprint density at radius 1 is 0.750 bits per heavy atom. The molecular weight excluding hydrogens is 552 g/mol. The molecule has 0 aliphatic heterocycles. The fourth-order valence-corrected chi connectivity index (χ4v) is 6.23. The van der Waals surface area contributed by atoms with E-state index in [4.69, 9.17) is 9.99 Å². The molecular formula is C37H56N2O5. The summed E-state index contributed by atoms with van der Waals surface area (Å²) in [7, 11) is 0. The Hall–Kier alpha value is -2.90. The predicted molar refractivity (Wildman–Crippen MR) is 178 cm³/mol. The SMILES string of the molecule is CCCCCCCCCCCCCCCC(=O)NCCCCC(COO)NC(=O)OCC1c2ccccc2-c2ccccc21. The van der Waals surface area contributed by atoms with Crippen molar-refractivity contribution in [3.05, 3.63) is 59.7 Å². The van der Waals surface area contributed by atoms with Crippen LogP contribution in [0.15, 0.2) is 48.5 Å². The molecule has 2 amide bonds. The molecule has 3 rings (SSSR count). The van der Waals surface area contributed by atoms with Gasteiger partial charge in [0.2, 0.25) is 5.91 Å². The van der Waals surface area contributed by atoms with Gasteiger partial charge in [0.25, 0.3) is 0 Å². The van der Waals surface area contributed by atoms with E-state index in [1.807, 2.05) is 24.3 Å². The lowest BCUT2D eigenvalue weighted by Crippen LogP contribution is -2.39. The number of rotatable bonds is 24. The Kier molecular flexibility index (Phi) is 17.6. The summed E-state index contributed by atoms with van der Waals surface area (Å²) in [5.74, 6) is 0.101. The number of fused-ring (bicyclic) bond motifs is 3. The summed E-state index contributed by atoms with van der Waals surface area (Å²) in [6.07, 6.45) is 19.1. The number of alkyl carbamates (subject to hydrolysis) is 1. The van der Waals surface area contributed by atoms with Gasteiger partial charge in [0.15, 0.2) is 0 Å². The normalized spacial score (nSPS) is 12.9. The van der Waals surface area contributed by atoms with Gasteiger partial charge < -0.3 is 15.4 Å². The Morgan fingerprint density at radius 2 is 1.30 bits per heavy atom. The largest absolute Gasteiger partial charge is 0.449 e. The second kappa shape index (κ2) is 21.7. The maximum atomic E-state index is 12.6.